The number of nitrogens with one attached hydrogen (secondary N) is 5. The Morgan fingerprint density at radius 3 is 1.33 bits per heavy atom. The van der Waals surface area contributed by atoms with Gasteiger partial charge in [-0.3, -0.25) is 14.4 Å². The first-order chi connectivity index (χ1) is 38.3. The highest BCUT2D eigenvalue weighted by Gasteiger charge is 2.25. The van der Waals surface area contributed by atoms with E-state index >= 15 is 0 Å². The Bertz CT molecular complexity index is 3210. The fourth-order valence-electron chi connectivity index (χ4n) is 7.27. The molecule has 19 heteroatoms. The summed E-state index contributed by atoms with van der Waals surface area (Å²) in [5.74, 6) is -2.06. The molecule has 6 aromatic rings. The van der Waals surface area contributed by atoms with Gasteiger partial charge in [-0.05, 0) is 126 Å². The van der Waals surface area contributed by atoms with Gasteiger partial charge in [0, 0.05) is 58.1 Å². The molecule has 17 nitrogen and oxygen atoms in total. The number of ether oxygens (including phenoxy) is 2. The Morgan fingerprint density at radius 2 is 0.951 bits per heavy atom. The van der Waals surface area contributed by atoms with Crippen molar-refractivity contribution in [3.8, 4) is 0 Å². The second kappa shape index (κ2) is 31.5. The summed E-state index contributed by atoms with van der Waals surface area (Å²) >= 11 is 12.9. The van der Waals surface area contributed by atoms with Crippen LogP contribution in [0.2, 0.25) is 10.0 Å². The molecular weight excluding hydrogens is 1080 g/mol. The van der Waals surface area contributed by atoms with Gasteiger partial charge >= 0.3 is 18.2 Å². The number of rotatable bonds is 19. The molecule has 6 rings (SSSR count). The summed E-state index contributed by atoms with van der Waals surface area (Å²) in [6.07, 6.45) is 5.80. The Balaban J connectivity index is 0.000000295. The van der Waals surface area contributed by atoms with Crippen LogP contribution in [0.3, 0.4) is 0 Å². The molecule has 6 aromatic carbocycles. The predicted molar refractivity (Wildman–Crippen MR) is 320 cm³/mol. The lowest BCUT2D eigenvalue weighted by Crippen LogP contribution is -2.50. The number of carbonyl (C=O) groups is 6. The zero-order valence-corrected chi connectivity index (χ0v) is 47.9. The molecule has 81 heavy (non-hydrogen) atoms. The number of halogens is 2. The van der Waals surface area contributed by atoms with Crippen molar-refractivity contribution in [1.29, 1.82) is 0 Å². The van der Waals surface area contributed by atoms with Gasteiger partial charge in [-0.2, -0.15) is 0 Å². The second-order valence-corrected chi connectivity index (χ2v) is 20.8. The summed E-state index contributed by atoms with van der Waals surface area (Å²) in [5, 5.41) is 41.0. The summed E-state index contributed by atoms with van der Waals surface area (Å²) in [7, 11) is 0. The van der Waals surface area contributed by atoms with Crippen molar-refractivity contribution in [3.05, 3.63) is 200 Å². The van der Waals surface area contributed by atoms with Crippen LogP contribution in [0.15, 0.2) is 146 Å². The smallest absolute Gasteiger partial charge is 0.408 e. The standard InChI is InChI=1S/C31H34ClN3O5.C23H21ClN2O.C8H15NO5/c1-20-10-5-7-13-23(20)28(37)24-16-15-22(18-25(24)32)34-26-14-8-6-11-21(26)12-9-17-33-29(38)27(19-36)35-30(39)40-31(2,3)4;1-16-7-2-4-10-19(16)23(27)20-13-12-18(15-21(20)24)26-22-11-5-3-8-17(22)9-6-14-25;1-8(2,3)14-7(13)9-5(4-10)6(11)12/h5-16,18,27,34,36H,17,19H2,1-4H3,(H,33,38)(H,35,39);2-13,15,26H,14,25H2,1H3;5,10H,4H2,1-3H3,(H,9,13)(H,11,12)/b12-9+;9-6+;/t27-;;5-/m1.1/s1. The lowest BCUT2D eigenvalue weighted by molar-refractivity contribution is -0.140. The Labute approximate surface area is 482 Å². The summed E-state index contributed by atoms with van der Waals surface area (Å²) in [6.45, 7) is 13.3. The Hall–Kier alpha value is -8.32. The predicted octanol–water partition coefficient (Wildman–Crippen LogP) is 11.2. The van der Waals surface area contributed by atoms with Crippen LogP contribution in [-0.2, 0) is 19.1 Å². The number of aliphatic hydroxyl groups is 2. The molecule has 0 saturated carbocycles. The molecule has 0 aliphatic rings. The SMILES string of the molecule is CC(C)(C)OC(=O)N[C@H](CO)C(=O)O.Cc1ccccc1C(=O)c1ccc(Nc2ccccc2/C=C/CN)cc1Cl.Cc1ccccc1C(=O)c1ccc(Nc2ccccc2/C=C/CNC(=O)[C@@H](CO)NC(=O)OC(C)(C)C)cc1Cl. The molecular formula is C62H70Cl2N6O11. The summed E-state index contributed by atoms with van der Waals surface area (Å²) in [4.78, 5) is 71.5. The molecule has 0 aromatic heterocycles. The van der Waals surface area contributed by atoms with E-state index in [1.54, 1.807) is 84.0 Å². The van der Waals surface area contributed by atoms with Crippen molar-refractivity contribution in [2.45, 2.75) is 78.7 Å². The molecule has 0 bridgehead atoms. The van der Waals surface area contributed by atoms with E-state index < -0.39 is 60.6 Å². The number of alkyl carbamates (subject to hydrolysis) is 2. The minimum atomic E-state index is -1.33. The summed E-state index contributed by atoms with van der Waals surface area (Å²) in [6, 6.07) is 38.5. The number of ketones is 2. The van der Waals surface area contributed by atoms with Crippen LogP contribution < -0.4 is 32.3 Å². The third-order valence-electron chi connectivity index (χ3n) is 11.2. The maximum Gasteiger partial charge on any atom is 0.408 e. The minimum absolute atomic E-state index is 0.0732. The van der Waals surface area contributed by atoms with Gasteiger partial charge in [0.05, 0.1) is 23.3 Å². The van der Waals surface area contributed by atoms with E-state index in [1.165, 1.54) is 0 Å². The average Bonchev–Trinajstić information content (AvgIpc) is 3.44. The number of carbonyl (C=O) groups excluding carboxylic acids is 5. The number of aliphatic carboxylic acids is 1. The molecule has 2 atom stereocenters. The molecule has 10 N–H and O–H groups in total. The van der Waals surface area contributed by atoms with Gasteiger partial charge in [-0.15, -0.1) is 0 Å². The quantitative estimate of drug-likeness (QED) is 0.0342. The first-order valence-electron chi connectivity index (χ1n) is 25.6. The van der Waals surface area contributed by atoms with Crippen molar-refractivity contribution in [2.75, 3.05) is 36.9 Å². The van der Waals surface area contributed by atoms with Crippen molar-refractivity contribution < 1.29 is 53.6 Å². The highest BCUT2D eigenvalue weighted by atomic mass is 35.5. The van der Waals surface area contributed by atoms with E-state index in [0.717, 1.165) is 39.3 Å². The number of amides is 3. The topological polar surface area (TPSA) is 268 Å². The highest BCUT2D eigenvalue weighted by molar-refractivity contribution is 6.36. The van der Waals surface area contributed by atoms with Crippen LogP contribution in [-0.4, -0.2) is 101 Å². The zero-order chi connectivity index (χ0) is 59.9. The molecule has 0 aliphatic carbocycles. The minimum Gasteiger partial charge on any atom is -0.480 e. The lowest BCUT2D eigenvalue weighted by atomic mass is 9.99. The lowest BCUT2D eigenvalue weighted by Gasteiger charge is -2.22. The van der Waals surface area contributed by atoms with E-state index in [2.05, 4.69) is 21.3 Å². The second-order valence-electron chi connectivity index (χ2n) is 20.0. The molecule has 0 radical (unpaired) electrons. The number of benzene rings is 6. The fourth-order valence-corrected chi connectivity index (χ4v) is 7.80. The highest BCUT2D eigenvalue weighted by Crippen LogP contribution is 2.30. The summed E-state index contributed by atoms with van der Waals surface area (Å²) in [5.41, 5.74) is 13.3. The molecule has 0 unspecified atom stereocenters. The zero-order valence-electron chi connectivity index (χ0n) is 46.4. The van der Waals surface area contributed by atoms with E-state index in [1.807, 2.05) is 134 Å². The largest absolute Gasteiger partial charge is 0.480 e. The van der Waals surface area contributed by atoms with Crippen LogP contribution in [0.25, 0.3) is 12.2 Å². The number of anilines is 4. The number of hydrogen-bond acceptors (Lipinski definition) is 13. The number of aryl methyl sites for hydroxylation is 2. The number of aliphatic hydroxyl groups excluding tert-OH is 2. The maximum absolute atomic E-state index is 13.0. The average molecular weight is 1150 g/mol. The number of carboxylic acids is 1. The summed E-state index contributed by atoms with van der Waals surface area (Å²) < 4.78 is 9.92. The Kier molecular flexibility index (Phi) is 25.3. The van der Waals surface area contributed by atoms with Crippen LogP contribution in [0.4, 0.5) is 32.3 Å². The van der Waals surface area contributed by atoms with Gasteiger partial charge in [0.25, 0.3) is 0 Å². The van der Waals surface area contributed by atoms with Gasteiger partial charge in [0.1, 0.15) is 17.2 Å². The fraction of sp³-hybridized carbons (Fsp3) is 0.258. The maximum atomic E-state index is 13.0. The van der Waals surface area contributed by atoms with E-state index in [-0.39, 0.29) is 18.1 Å². The molecule has 3 amide bonds. The first kappa shape index (κ1) is 65.2. The van der Waals surface area contributed by atoms with Crippen molar-refractivity contribution in [1.82, 2.24) is 16.0 Å². The monoisotopic (exact) mass is 1140 g/mol. The van der Waals surface area contributed by atoms with Gasteiger partial charge in [0.2, 0.25) is 5.91 Å². The molecule has 0 spiro atoms. The van der Waals surface area contributed by atoms with Gasteiger partial charge < -0.3 is 57.1 Å². The van der Waals surface area contributed by atoms with Crippen LogP contribution in [0.5, 0.6) is 0 Å². The van der Waals surface area contributed by atoms with E-state index in [4.69, 9.17) is 48.6 Å². The van der Waals surface area contributed by atoms with E-state index in [9.17, 15) is 33.9 Å². The van der Waals surface area contributed by atoms with Crippen molar-refractivity contribution >= 4 is 93.7 Å². The first-order valence-corrected chi connectivity index (χ1v) is 26.4. The van der Waals surface area contributed by atoms with E-state index in [0.29, 0.717) is 44.5 Å². The molecule has 0 heterocycles. The van der Waals surface area contributed by atoms with Crippen LogP contribution in [0, 0.1) is 13.8 Å². The van der Waals surface area contributed by atoms with Crippen LogP contribution >= 0.6 is 23.2 Å². The third-order valence-corrected chi connectivity index (χ3v) is 11.8. The van der Waals surface area contributed by atoms with Crippen molar-refractivity contribution in [2.24, 2.45) is 5.73 Å². The van der Waals surface area contributed by atoms with Gasteiger partial charge in [0.15, 0.2) is 17.6 Å². The Morgan fingerprint density at radius 1 is 0.556 bits per heavy atom. The number of para-hydroxylation sites is 2. The third kappa shape index (κ3) is 21.7. The normalized spacial score (nSPS) is 11.9. The van der Waals surface area contributed by atoms with Crippen molar-refractivity contribution in [3.63, 3.8) is 0 Å². The molecule has 428 valence electrons. The van der Waals surface area contributed by atoms with Gasteiger partial charge in [-0.25, -0.2) is 14.4 Å². The number of hydrogen-bond donors (Lipinski definition) is 9. The van der Waals surface area contributed by atoms with Gasteiger partial charge in [-0.1, -0.05) is 132 Å². The van der Waals surface area contributed by atoms with Crippen LogP contribution in [0.1, 0.15) is 95.6 Å². The molecule has 0 aliphatic heterocycles. The molecule has 0 saturated heterocycles. The number of carboxylic acid groups (broad SMARTS) is 1. The number of nitrogens with two attached hydrogens (primary N) is 1. The molecule has 0 fully saturated rings.